The smallest absolute Gasteiger partial charge is 0.306 e. The molecule has 78 heavy (non-hydrogen) atoms. The number of carbonyl (C=O) groups excluding carboxylic acids is 3. The van der Waals surface area contributed by atoms with Gasteiger partial charge in [-0.25, -0.2) is 0 Å². The van der Waals surface area contributed by atoms with Gasteiger partial charge in [0.15, 0.2) is 6.10 Å². The Morgan fingerprint density at radius 1 is 0.269 bits per heavy atom. The number of esters is 3. The van der Waals surface area contributed by atoms with Gasteiger partial charge in [-0.05, 0) is 83.5 Å². The maximum atomic E-state index is 12.9. The van der Waals surface area contributed by atoms with Gasteiger partial charge in [-0.15, -0.1) is 0 Å². The fraction of sp³-hybridized carbons (Fsp3) is 0.819. The molecule has 0 saturated carbocycles. The molecule has 0 aromatic carbocycles. The van der Waals surface area contributed by atoms with Gasteiger partial charge >= 0.3 is 17.9 Å². The number of allylic oxidation sites excluding steroid dienone is 10. The molecule has 0 amide bonds. The molecule has 0 aromatic heterocycles. The molecule has 0 fully saturated rings. The number of unbranched alkanes of at least 4 members (excludes halogenated alkanes) is 42. The van der Waals surface area contributed by atoms with E-state index in [0.717, 1.165) is 83.5 Å². The minimum atomic E-state index is -0.771. The largest absolute Gasteiger partial charge is 0.462 e. The molecule has 6 nitrogen and oxygen atoms in total. The Hall–Kier alpha value is -2.89. The van der Waals surface area contributed by atoms with Gasteiger partial charge in [0, 0.05) is 19.3 Å². The van der Waals surface area contributed by atoms with Crippen molar-refractivity contribution in [1.29, 1.82) is 0 Å². The standard InChI is InChI=1S/C72H130O6/c1-4-7-10-13-16-19-21-23-25-27-29-31-32-33-34-35-36-37-38-39-40-42-43-45-47-49-51-53-56-59-62-65-71(74)77-68-69(67-76-70(73)64-61-58-55-18-15-12-9-6-3)78-72(75)66-63-60-57-54-52-50-48-46-44-41-30-28-26-24-22-20-17-14-11-8-5-2/h7,10,16,19,23,25,28-31,69H,4-6,8-9,11-15,17-18,20-22,24,26-27,32-68H2,1-3H3/b10-7-,19-16-,25-23-,30-28-,31-29-. The number of rotatable bonds is 63. The zero-order valence-corrected chi connectivity index (χ0v) is 52.2. The molecule has 454 valence electrons. The van der Waals surface area contributed by atoms with E-state index in [0.29, 0.717) is 19.3 Å². The Kier molecular flexibility index (Phi) is 64.2. The Bertz CT molecular complexity index is 1390. The lowest BCUT2D eigenvalue weighted by atomic mass is 10.0. The fourth-order valence-corrected chi connectivity index (χ4v) is 10.1. The highest BCUT2D eigenvalue weighted by Gasteiger charge is 2.19. The molecule has 0 radical (unpaired) electrons. The lowest BCUT2D eigenvalue weighted by molar-refractivity contribution is -0.167. The molecule has 0 aliphatic heterocycles. The molecule has 0 heterocycles. The van der Waals surface area contributed by atoms with Gasteiger partial charge in [0.05, 0.1) is 0 Å². The second-order valence-corrected chi connectivity index (χ2v) is 23.1. The van der Waals surface area contributed by atoms with Crippen LogP contribution in [0.5, 0.6) is 0 Å². The zero-order valence-electron chi connectivity index (χ0n) is 52.2. The van der Waals surface area contributed by atoms with Crippen molar-refractivity contribution in [3.05, 3.63) is 60.8 Å². The first-order valence-electron chi connectivity index (χ1n) is 34.3. The zero-order chi connectivity index (χ0) is 56.4. The second kappa shape index (κ2) is 66.6. The normalized spacial score (nSPS) is 12.4. The van der Waals surface area contributed by atoms with E-state index in [1.54, 1.807) is 0 Å². The van der Waals surface area contributed by atoms with Crippen molar-refractivity contribution in [2.75, 3.05) is 13.2 Å². The third-order valence-electron chi connectivity index (χ3n) is 15.3. The predicted octanol–water partition coefficient (Wildman–Crippen LogP) is 23.5. The third kappa shape index (κ3) is 63.9. The lowest BCUT2D eigenvalue weighted by Gasteiger charge is -2.18. The van der Waals surface area contributed by atoms with E-state index >= 15 is 0 Å². The van der Waals surface area contributed by atoms with Gasteiger partial charge in [-0.1, -0.05) is 319 Å². The molecular formula is C72H130O6. The van der Waals surface area contributed by atoms with Crippen LogP contribution in [0.2, 0.25) is 0 Å². The summed E-state index contributed by atoms with van der Waals surface area (Å²) in [5.74, 6) is -0.854. The maximum Gasteiger partial charge on any atom is 0.306 e. The molecule has 6 heteroatoms. The fourth-order valence-electron chi connectivity index (χ4n) is 10.1. The molecule has 0 aromatic rings. The van der Waals surface area contributed by atoms with Crippen LogP contribution < -0.4 is 0 Å². The first-order chi connectivity index (χ1) is 38.5. The van der Waals surface area contributed by atoms with E-state index in [1.807, 2.05) is 0 Å². The van der Waals surface area contributed by atoms with Crippen molar-refractivity contribution in [3.8, 4) is 0 Å². The van der Waals surface area contributed by atoms with Crippen molar-refractivity contribution in [2.24, 2.45) is 0 Å². The van der Waals surface area contributed by atoms with Crippen LogP contribution in [0, 0.1) is 0 Å². The van der Waals surface area contributed by atoms with Crippen LogP contribution >= 0.6 is 0 Å². The summed E-state index contributed by atoms with van der Waals surface area (Å²) < 4.78 is 16.9. The second-order valence-electron chi connectivity index (χ2n) is 23.1. The van der Waals surface area contributed by atoms with Crippen LogP contribution in [0.25, 0.3) is 0 Å². The molecule has 0 rings (SSSR count). The highest BCUT2D eigenvalue weighted by atomic mass is 16.6. The average molecular weight is 1090 g/mol. The van der Waals surface area contributed by atoms with Gasteiger partial charge < -0.3 is 14.2 Å². The number of ether oxygens (including phenoxy) is 3. The molecule has 1 unspecified atom stereocenters. The van der Waals surface area contributed by atoms with E-state index in [2.05, 4.69) is 81.5 Å². The van der Waals surface area contributed by atoms with Crippen LogP contribution in [-0.2, 0) is 28.6 Å². The molecule has 0 saturated heterocycles. The Morgan fingerprint density at radius 2 is 0.500 bits per heavy atom. The first kappa shape index (κ1) is 75.1. The summed E-state index contributed by atoms with van der Waals surface area (Å²) in [4.78, 5) is 38.2. The molecule has 1 atom stereocenters. The minimum Gasteiger partial charge on any atom is -0.462 e. The minimum absolute atomic E-state index is 0.0696. The van der Waals surface area contributed by atoms with Gasteiger partial charge in [0.25, 0.3) is 0 Å². The van der Waals surface area contributed by atoms with Crippen LogP contribution in [0.1, 0.15) is 361 Å². The molecule has 0 N–H and O–H groups in total. The Balaban J connectivity index is 4.06. The molecule has 0 spiro atoms. The molecule has 0 aliphatic rings. The number of carbonyl (C=O) groups is 3. The summed E-state index contributed by atoms with van der Waals surface area (Å²) in [6, 6.07) is 0. The molecule has 0 aliphatic carbocycles. The van der Waals surface area contributed by atoms with Gasteiger partial charge in [0.2, 0.25) is 0 Å². The van der Waals surface area contributed by atoms with E-state index < -0.39 is 6.10 Å². The summed E-state index contributed by atoms with van der Waals surface area (Å²) in [7, 11) is 0. The monoisotopic (exact) mass is 1090 g/mol. The van der Waals surface area contributed by atoms with Crippen molar-refractivity contribution < 1.29 is 28.6 Å². The third-order valence-corrected chi connectivity index (χ3v) is 15.3. The number of hydrogen-bond acceptors (Lipinski definition) is 6. The van der Waals surface area contributed by atoms with E-state index in [9.17, 15) is 14.4 Å². The summed E-state index contributed by atoms with van der Waals surface area (Å²) in [5, 5.41) is 0. The van der Waals surface area contributed by atoms with E-state index in [-0.39, 0.29) is 31.1 Å². The van der Waals surface area contributed by atoms with E-state index in [4.69, 9.17) is 14.2 Å². The van der Waals surface area contributed by atoms with Crippen molar-refractivity contribution in [3.63, 3.8) is 0 Å². The van der Waals surface area contributed by atoms with Gasteiger partial charge in [-0.3, -0.25) is 14.4 Å². The maximum absolute atomic E-state index is 12.9. The van der Waals surface area contributed by atoms with Crippen LogP contribution in [-0.4, -0.2) is 37.2 Å². The quantitative estimate of drug-likeness (QED) is 0.0261. The average Bonchev–Trinajstić information content (AvgIpc) is 3.44. The highest BCUT2D eigenvalue weighted by molar-refractivity contribution is 5.71. The van der Waals surface area contributed by atoms with Crippen LogP contribution in [0.15, 0.2) is 60.8 Å². The Morgan fingerprint density at radius 3 is 0.795 bits per heavy atom. The summed E-state index contributed by atoms with van der Waals surface area (Å²) >= 11 is 0. The van der Waals surface area contributed by atoms with Gasteiger partial charge in [0.1, 0.15) is 13.2 Å². The van der Waals surface area contributed by atoms with Crippen molar-refractivity contribution in [2.45, 2.75) is 367 Å². The highest BCUT2D eigenvalue weighted by Crippen LogP contribution is 2.18. The number of hydrogen-bond donors (Lipinski definition) is 0. The topological polar surface area (TPSA) is 78.9 Å². The van der Waals surface area contributed by atoms with Crippen LogP contribution in [0.4, 0.5) is 0 Å². The summed E-state index contributed by atoms with van der Waals surface area (Å²) in [6.45, 7) is 6.55. The lowest BCUT2D eigenvalue weighted by Crippen LogP contribution is -2.30. The first-order valence-corrected chi connectivity index (χ1v) is 34.3. The molecular weight excluding hydrogens is 961 g/mol. The van der Waals surface area contributed by atoms with Gasteiger partial charge in [-0.2, -0.15) is 0 Å². The predicted molar refractivity (Wildman–Crippen MR) is 339 cm³/mol. The summed E-state index contributed by atoms with van der Waals surface area (Å²) in [6.07, 6.45) is 85.5. The van der Waals surface area contributed by atoms with E-state index in [1.165, 1.54) is 238 Å². The molecule has 0 bridgehead atoms. The Labute approximate surface area is 485 Å². The SMILES string of the molecule is CC/C=C\C/C=C\C/C=C\C/C=C\CCCCCCCCCCCCCCCCCCCCC(=O)OCC(COC(=O)CCCCCCCCCC)OC(=O)CCCCCCCCCCC/C=C\CCCCCCCCCC. The summed E-state index contributed by atoms with van der Waals surface area (Å²) in [5.41, 5.74) is 0. The van der Waals surface area contributed by atoms with Crippen molar-refractivity contribution >= 4 is 17.9 Å². The van der Waals surface area contributed by atoms with Crippen LogP contribution in [0.3, 0.4) is 0 Å². The van der Waals surface area contributed by atoms with Crippen molar-refractivity contribution in [1.82, 2.24) is 0 Å².